The van der Waals surface area contributed by atoms with Crippen molar-refractivity contribution in [1.82, 2.24) is 15.6 Å². The van der Waals surface area contributed by atoms with Crippen LogP contribution in [-0.4, -0.2) is 24.1 Å². The maximum absolute atomic E-state index is 5.01. The molecule has 0 amide bonds. The zero-order valence-corrected chi connectivity index (χ0v) is 14.5. The molecule has 114 valence electrons. The lowest BCUT2D eigenvalue weighted by Gasteiger charge is -2.43. The molecule has 1 fully saturated rings. The molecule has 3 nitrogen and oxygen atoms in total. The van der Waals surface area contributed by atoms with Crippen LogP contribution in [0.25, 0.3) is 0 Å². The molecule has 0 aliphatic carbocycles. The van der Waals surface area contributed by atoms with Gasteiger partial charge in [-0.1, -0.05) is 27.7 Å². The zero-order valence-electron chi connectivity index (χ0n) is 13.7. The SMILES string of the molecule is CC(C)NC1(c2nc(C(C)(C)C)cs2)CCNCC1C. The van der Waals surface area contributed by atoms with Crippen molar-refractivity contribution in [2.45, 2.75) is 65.0 Å². The highest BCUT2D eigenvalue weighted by Gasteiger charge is 2.42. The number of nitrogens with zero attached hydrogens (tertiary/aromatic N) is 1. The largest absolute Gasteiger partial charge is 0.316 e. The van der Waals surface area contributed by atoms with E-state index in [2.05, 4.69) is 57.6 Å². The highest BCUT2D eigenvalue weighted by molar-refractivity contribution is 7.09. The average molecular weight is 295 g/mol. The lowest BCUT2D eigenvalue weighted by atomic mass is 9.79. The molecule has 1 aromatic heterocycles. The Balaban J connectivity index is 2.38. The van der Waals surface area contributed by atoms with Crippen LogP contribution in [0.3, 0.4) is 0 Å². The molecule has 2 atom stereocenters. The van der Waals surface area contributed by atoms with Gasteiger partial charge in [0.15, 0.2) is 0 Å². The minimum Gasteiger partial charge on any atom is -0.316 e. The molecule has 0 saturated carbocycles. The molecule has 2 rings (SSSR count). The third kappa shape index (κ3) is 3.07. The summed E-state index contributed by atoms with van der Waals surface area (Å²) in [6.45, 7) is 15.6. The average Bonchev–Trinajstić information content (AvgIpc) is 2.81. The predicted molar refractivity (Wildman–Crippen MR) is 87.4 cm³/mol. The molecule has 2 N–H and O–H groups in total. The zero-order chi connectivity index (χ0) is 15.0. The molecule has 1 saturated heterocycles. The first-order valence-corrected chi connectivity index (χ1v) is 8.58. The fraction of sp³-hybridized carbons (Fsp3) is 0.812. The molecule has 1 aliphatic heterocycles. The normalized spacial score (nSPS) is 28.1. The summed E-state index contributed by atoms with van der Waals surface area (Å²) in [5.41, 5.74) is 1.38. The number of aromatic nitrogens is 1. The van der Waals surface area contributed by atoms with Gasteiger partial charge in [0.25, 0.3) is 0 Å². The van der Waals surface area contributed by atoms with Crippen molar-refractivity contribution in [3.05, 3.63) is 16.1 Å². The van der Waals surface area contributed by atoms with E-state index in [4.69, 9.17) is 4.98 Å². The second-order valence-electron chi connectivity index (χ2n) is 7.41. The second kappa shape index (κ2) is 5.74. The van der Waals surface area contributed by atoms with Crippen LogP contribution in [0.4, 0.5) is 0 Å². The molecule has 2 heterocycles. The summed E-state index contributed by atoms with van der Waals surface area (Å²) in [6, 6.07) is 0.470. The maximum atomic E-state index is 5.01. The molecule has 0 spiro atoms. The minimum absolute atomic E-state index is 0.0353. The highest BCUT2D eigenvalue weighted by Crippen LogP contribution is 2.38. The molecule has 0 bridgehead atoms. The van der Waals surface area contributed by atoms with Gasteiger partial charge >= 0.3 is 0 Å². The molecular formula is C16H29N3S. The third-order valence-electron chi connectivity index (χ3n) is 4.19. The Bertz CT molecular complexity index is 447. The Labute approximate surface area is 127 Å². The number of piperidine rings is 1. The lowest BCUT2D eigenvalue weighted by Crippen LogP contribution is -2.57. The maximum Gasteiger partial charge on any atom is 0.113 e. The summed E-state index contributed by atoms with van der Waals surface area (Å²) >= 11 is 1.83. The van der Waals surface area contributed by atoms with Crippen molar-refractivity contribution in [2.24, 2.45) is 5.92 Å². The van der Waals surface area contributed by atoms with Crippen molar-refractivity contribution in [3.8, 4) is 0 Å². The monoisotopic (exact) mass is 295 g/mol. The summed E-state index contributed by atoms with van der Waals surface area (Å²) in [4.78, 5) is 5.01. The van der Waals surface area contributed by atoms with E-state index in [9.17, 15) is 0 Å². The van der Waals surface area contributed by atoms with Gasteiger partial charge < -0.3 is 10.6 Å². The summed E-state index contributed by atoms with van der Waals surface area (Å²) < 4.78 is 0. The first kappa shape index (κ1) is 15.9. The van der Waals surface area contributed by atoms with Crippen molar-refractivity contribution in [1.29, 1.82) is 0 Å². The topological polar surface area (TPSA) is 37.0 Å². The van der Waals surface area contributed by atoms with E-state index in [1.54, 1.807) is 0 Å². The van der Waals surface area contributed by atoms with Crippen molar-refractivity contribution in [3.63, 3.8) is 0 Å². The fourth-order valence-corrected chi connectivity index (χ4v) is 4.31. The molecule has 1 aliphatic rings. The van der Waals surface area contributed by atoms with E-state index in [1.807, 2.05) is 11.3 Å². The number of rotatable bonds is 3. The van der Waals surface area contributed by atoms with Crippen LogP contribution in [0, 0.1) is 5.92 Å². The lowest BCUT2D eigenvalue weighted by molar-refractivity contribution is 0.154. The van der Waals surface area contributed by atoms with Crippen LogP contribution < -0.4 is 10.6 Å². The van der Waals surface area contributed by atoms with Gasteiger partial charge in [-0.15, -0.1) is 11.3 Å². The second-order valence-corrected chi connectivity index (χ2v) is 8.27. The van der Waals surface area contributed by atoms with Crippen molar-refractivity contribution >= 4 is 11.3 Å². The highest BCUT2D eigenvalue weighted by atomic mass is 32.1. The van der Waals surface area contributed by atoms with Crippen LogP contribution >= 0.6 is 11.3 Å². The molecule has 0 radical (unpaired) electrons. The number of hydrogen-bond acceptors (Lipinski definition) is 4. The Kier molecular flexibility index (Phi) is 4.57. The van der Waals surface area contributed by atoms with Gasteiger partial charge in [-0.3, -0.25) is 0 Å². The van der Waals surface area contributed by atoms with Gasteiger partial charge in [0.05, 0.1) is 11.2 Å². The quantitative estimate of drug-likeness (QED) is 0.898. The first-order chi connectivity index (χ1) is 9.25. The number of nitrogens with one attached hydrogen (secondary N) is 2. The Hall–Kier alpha value is -0.450. The molecule has 4 heteroatoms. The van der Waals surface area contributed by atoms with Crippen LogP contribution in [0.1, 0.15) is 58.7 Å². The number of thiazole rings is 1. The van der Waals surface area contributed by atoms with Gasteiger partial charge in [0, 0.05) is 16.8 Å². The van der Waals surface area contributed by atoms with E-state index in [0.717, 1.165) is 19.5 Å². The predicted octanol–water partition coefficient (Wildman–Crippen LogP) is 3.26. The summed E-state index contributed by atoms with van der Waals surface area (Å²) in [5, 5.41) is 10.9. The van der Waals surface area contributed by atoms with Gasteiger partial charge in [-0.2, -0.15) is 0 Å². The standard InChI is InChI=1S/C16H29N3S/c1-11(2)19-16(7-8-17-9-12(16)3)14-18-13(10-20-14)15(4,5)6/h10-12,17,19H,7-9H2,1-6H3. The van der Waals surface area contributed by atoms with Crippen molar-refractivity contribution in [2.75, 3.05) is 13.1 Å². The molecule has 20 heavy (non-hydrogen) atoms. The summed E-state index contributed by atoms with van der Waals surface area (Å²) in [5.74, 6) is 0.553. The van der Waals surface area contributed by atoms with Gasteiger partial charge in [-0.25, -0.2) is 4.98 Å². The van der Waals surface area contributed by atoms with E-state index in [1.165, 1.54) is 10.7 Å². The van der Waals surface area contributed by atoms with E-state index in [-0.39, 0.29) is 11.0 Å². The molecular weight excluding hydrogens is 266 g/mol. The molecule has 0 aromatic carbocycles. The van der Waals surface area contributed by atoms with E-state index >= 15 is 0 Å². The smallest absolute Gasteiger partial charge is 0.113 e. The van der Waals surface area contributed by atoms with Crippen LogP contribution in [0.5, 0.6) is 0 Å². The van der Waals surface area contributed by atoms with Crippen molar-refractivity contribution < 1.29 is 0 Å². The van der Waals surface area contributed by atoms with Gasteiger partial charge in [0.1, 0.15) is 5.01 Å². The number of hydrogen-bond donors (Lipinski definition) is 2. The van der Waals surface area contributed by atoms with Crippen LogP contribution in [0.2, 0.25) is 0 Å². The van der Waals surface area contributed by atoms with Gasteiger partial charge in [-0.05, 0) is 39.3 Å². The first-order valence-electron chi connectivity index (χ1n) is 7.70. The van der Waals surface area contributed by atoms with E-state index < -0.39 is 0 Å². The Morgan fingerprint density at radius 3 is 2.65 bits per heavy atom. The minimum atomic E-state index is 0.0353. The van der Waals surface area contributed by atoms with E-state index in [0.29, 0.717) is 12.0 Å². The third-order valence-corrected chi connectivity index (χ3v) is 5.21. The Morgan fingerprint density at radius 2 is 2.15 bits per heavy atom. The van der Waals surface area contributed by atoms with Crippen LogP contribution in [0.15, 0.2) is 5.38 Å². The van der Waals surface area contributed by atoms with Gasteiger partial charge in [0.2, 0.25) is 0 Å². The fourth-order valence-electron chi connectivity index (χ4n) is 2.96. The summed E-state index contributed by atoms with van der Waals surface area (Å²) in [6.07, 6.45) is 1.11. The molecule has 1 aromatic rings. The summed E-state index contributed by atoms with van der Waals surface area (Å²) in [7, 11) is 0. The Morgan fingerprint density at radius 1 is 1.45 bits per heavy atom. The van der Waals surface area contributed by atoms with Crippen LogP contribution in [-0.2, 0) is 11.0 Å². The molecule has 2 unspecified atom stereocenters.